The highest BCUT2D eigenvalue weighted by molar-refractivity contribution is 7.07. The van der Waals surface area contributed by atoms with E-state index in [4.69, 9.17) is 0 Å². The summed E-state index contributed by atoms with van der Waals surface area (Å²) >= 11 is 1.60. The number of rotatable bonds is 4. The van der Waals surface area contributed by atoms with Gasteiger partial charge in [-0.25, -0.2) is 9.97 Å². The van der Waals surface area contributed by atoms with Crippen LogP contribution in [-0.4, -0.2) is 43.4 Å². The van der Waals surface area contributed by atoms with Gasteiger partial charge in [-0.2, -0.15) is 0 Å². The lowest BCUT2D eigenvalue weighted by Crippen LogP contribution is -2.40. The Hall–Kier alpha value is -2.41. The molecule has 124 valence electrons. The Labute approximate surface area is 144 Å². The monoisotopic (exact) mass is 341 g/mol. The van der Waals surface area contributed by atoms with Crippen molar-refractivity contribution < 1.29 is 4.79 Å². The molecule has 1 amide bonds. The second-order valence-corrected chi connectivity index (χ2v) is 6.79. The molecule has 6 nitrogen and oxygen atoms in total. The quantitative estimate of drug-likeness (QED) is 0.793. The molecule has 0 aliphatic carbocycles. The van der Waals surface area contributed by atoms with Crippen molar-refractivity contribution in [2.24, 2.45) is 0 Å². The van der Waals surface area contributed by atoms with E-state index in [0.717, 1.165) is 37.4 Å². The summed E-state index contributed by atoms with van der Waals surface area (Å²) in [5, 5.41) is 2.06. The molecule has 0 spiro atoms. The number of likely N-dealkylation sites (tertiary alicyclic amines) is 1. The van der Waals surface area contributed by atoms with E-state index in [1.54, 1.807) is 17.5 Å². The smallest absolute Gasteiger partial charge is 0.270 e. The molecule has 24 heavy (non-hydrogen) atoms. The van der Waals surface area contributed by atoms with Crippen molar-refractivity contribution >= 4 is 17.2 Å². The van der Waals surface area contributed by atoms with Crippen molar-refractivity contribution in [3.8, 4) is 0 Å². The van der Waals surface area contributed by atoms with Gasteiger partial charge < -0.3 is 14.5 Å². The third-order valence-electron chi connectivity index (χ3n) is 4.47. The van der Waals surface area contributed by atoms with Crippen LogP contribution < -0.4 is 0 Å². The van der Waals surface area contributed by atoms with Crippen molar-refractivity contribution in [3.05, 3.63) is 58.8 Å². The minimum Gasteiger partial charge on any atom is -0.357 e. The highest BCUT2D eigenvalue weighted by atomic mass is 32.1. The van der Waals surface area contributed by atoms with E-state index in [2.05, 4.69) is 24.9 Å². The molecule has 1 N–H and O–H groups in total. The maximum atomic E-state index is 12.6. The highest BCUT2D eigenvalue weighted by Crippen LogP contribution is 2.27. The minimum atomic E-state index is 0.0716. The van der Waals surface area contributed by atoms with Gasteiger partial charge in [0.05, 0.1) is 17.7 Å². The normalized spacial score (nSPS) is 18.0. The largest absolute Gasteiger partial charge is 0.357 e. The Balaban J connectivity index is 1.50. The molecule has 0 bridgehead atoms. The predicted octanol–water partition coefficient (Wildman–Crippen LogP) is 2.74. The lowest BCUT2D eigenvalue weighted by molar-refractivity contribution is 0.0698. The van der Waals surface area contributed by atoms with Gasteiger partial charge >= 0.3 is 0 Å². The second kappa shape index (κ2) is 6.60. The first-order chi connectivity index (χ1) is 11.8. The number of carbonyl (C=O) groups is 1. The molecule has 0 radical (unpaired) electrons. The predicted molar refractivity (Wildman–Crippen MR) is 92.1 cm³/mol. The first-order valence-corrected chi connectivity index (χ1v) is 9.06. The number of hydrogen-bond donors (Lipinski definition) is 1. The molecule has 1 aliphatic rings. The van der Waals surface area contributed by atoms with Gasteiger partial charge in [-0.05, 0) is 25.0 Å². The van der Waals surface area contributed by atoms with E-state index in [1.165, 1.54) is 0 Å². The summed E-state index contributed by atoms with van der Waals surface area (Å²) in [6, 6.07) is 3.68. The molecule has 4 rings (SSSR count). The molecule has 0 unspecified atom stereocenters. The average Bonchev–Trinajstić information content (AvgIpc) is 3.37. The van der Waals surface area contributed by atoms with Crippen LogP contribution in [0.1, 0.15) is 40.8 Å². The molecule has 3 aromatic heterocycles. The molecule has 1 fully saturated rings. The van der Waals surface area contributed by atoms with Crippen LogP contribution in [0, 0.1) is 0 Å². The van der Waals surface area contributed by atoms with Crippen molar-refractivity contribution in [2.75, 3.05) is 13.1 Å². The molecule has 0 aromatic carbocycles. The van der Waals surface area contributed by atoms with Gasteiger partial charge in [0.2, 0.25) is 0 Å². The Morgan fingerprint density at radius 2 is 2.38 bits per heavy atom. The minimum absolute atomic E-state index is 0.0716. The van der Waals surface area contributed by atoms with Gasteiger partial charge in [0.25, 0.3) is 5.91 Å². The zero-order valence-corrected chi connectivity index (χ0v) is 14.1. The van der Waals surface area contributed by atoms with E-state index >= 15 is 0 Å². The summed E-state index contributed by atoms with van der Waals surface area (Å²) in [5.74, 6) is 1.39. The van der Waals surface area contributed by atoms with Crippen molar-refractivity contribution in [1.82, 2.24) is 24.4 Å². The lowest BCUT2D eigenvalue weighted by atomic mass is 9.96. The fourth-order valence-electron chi connectivity index (χ4n) is 3.31. The number of hydrogen-bond acceptors (Lipinski definition) is 4. The van der Waals surface area contributed by atoms with Crippen LogP contribution in [0.15, 0.2) is 41.6 Å². The zero-order valence-electron chi connectivity index (χ0n) is 13.3. The van der Waals surface area contributed by atoms with E-state index < -0.39 is 0 Å². The summed E-state index contributed by atoms with van der Waals surface area (Å²) in [7, 11) is 0. The molecular weight excluding hydrogens is 322 g/mol. The third-order valence-corrected chi connectivity index (χ3v) is 5.10. The van der Waals surface area contributed by atoms with Crippen molar-refractivity contribution in [3.63, 3.8) is 0 Å². The molecule has 0 saturated carbocycles. The molecule has 1 saturated heterocycles. The fraction of sp³-hybridized carbons (Fsp3) is 0.353. The van der Waals surface area contributed by atoms with E-state index in [0.29, 0.717) is 12.2 Å². The Morgan fingerprint density at radius 3 is 3.17 bits per heavy atom. The van der Waals surface area contributed by atoms with Gasteiger partial charge in [0, 0.05) is 43.0 Å². The van der Waals surface area contributed by atoms with Crippen LogP contribution in [0.3, 0.4) is 0 Å². The zero-order chi connectivity index (χ0) is 16.4. The molecule has 1 atom stereocenters. The van der Waals surface area contributed by atoms with Gasteiger partial charge in [0.1, 0.15) is 11.5 Å². The van der Waals surface area contributed by atoms with E-state index in [9.17, 15) is 4.79 Å². The summed E-state index contributed by atoms with van der Waals surface area (Å²) < 4.78 is 2.16. The van der Waals surface area contributed by atoms with Crippen LogP contribution in [0.2, 0.25) is 0 Å². The van der Waals surface area contributed by atoms with Crippen LogP contribution in [-0.2, 0) is 6.54 Å². The average molecular weight is 341 g/mol. The molecule has 3 aromatic rings. The Bertz CT molecular complexity index is 793. The summed E-state index contributed by atoms with van der Waals surface area (Å²) in [6.45, 7) is 2.26. The lowest BCUT2D eigenvalue weighted by Gasteiger charge is -2.32. The standard InChI is InChI=1S/C17H19N5OS/c23-17(15-4-1-5-18-15)22-7-2-3-13(9-22)16-19-6-8-21(16)10-14-11-24-12-20-14/h1,4-6,8,11-13,18H,2-3,7,9-10H2/t13-/m0/s1. The first kappa shape index (κ1) is 15.1. The van der Waals surface area contributed by atoms with Crippen molar-refractivity contribution in [1.29, 1.82) is 0 Å². The number of amides is 1. The number of nitrogens with one attached hydrogen (secondary N) is 1. The number of aromatic nitrogens is 4. The Morgan fingerprint density at radius 1 is 1.42 bits per heavy atom. The number of aromatic amines is 1. The first-order valence-electron chi connectivity index (χ1n) is 8.12. The summed E-state index contributed by atoms with van der Waals surface area (Å²) in [6.07, 6.45) is 7.69. The van der Waals surface area contributed by atoms with Gasteiger partial charge in [-0.3, -0.25) is 4.79 Å². The van der Waals surface area contributed by atoms with Gasteiger partial charge in [-0.15, -0.1) is 11.3 Å². The number of nitrogens with zero attached hydrogens (tertiary/aromatic N) is 4. The van der Waals surface area contributed by atoms with Crippen LogP contribution in [0.25, 0.3) is 0 Å². The molecular formula is C17H19N5OS. The maximum Gasteiger partial charge on any atom is 0.270 e. The van der Waals surface area contributed by atoms with Crippen molar-refractivity contribution in [2.45, 2.75) is 25.3 Å². The molecule has 4 heterocycles. The maximum absolute atomic E-state index is 12.6. The summed E-state index contributed by atoms with van der Waals surface area (Å²) in [5.41, 5.74) is 3.55. The van der Waals surface area contributed by atoms with E-state index in [1.807, 2.05) is 34.9 Å². The SMILES string of the molecule is O=C(c1ccc[nH]1)N1CCC[C@H](c2nccn2Cc2cscn2)C1. The summed E-state index contributed by atoms with van der Waals surface area (Å²) in [4.78, 5) is 26.4. The van der Waals surface area contributed by atoms with Crippen LogP contribution in [0.5, 0.6) is 0 Å². The molecule has 7 heteroatoms. The van der Waals surface area contributed by atoms with Gasteiger partial charge in [0.15, 0.2) is 0 Å². The number of carbonyl (C=O) groups excluding carboxylic acids is 1. The molecule has 1 aliphatic heterocycles. The number of H-pyrrole nitrogens is 1. The Kier molecular flexibility index (Phi) is 4.17. The second-order valence-electron chi connectivity index (χ2n) is 6.07. The number of imidazole rings is 1. The highest BCUT2D eigenvalue weighted by Gasteiger charge is 2.28. The number of thiazole rings is 1. The third kappa shape index (κ3) is 2.99. The van der Waals surface area contributed by atoms with Crippen LogP contribution >= 0.6 is 11.3 Å². The number of piperidine rings is 1. The fourth-order valence-corrected chi connectivity index (χ4v) is 3.86. The van der Waals surface area contributed by atoms with Crippen LogP contribution in [0.4, 0.5) is 0 Å². The van der Waals surface area contributed by atoms with E-state index in [-0.39, 0.29) is 11.8 Å². The van der Waals surface area contributed by atoms with Gasteiger partial charge in [-0.1, -0.05) is 0 Å². The topological polar surface area (TPSA) is 66.8 Å².